The van der Waals surface area contributed by atoms with E-state index in [9.17, 15) is 4.79 Å². The Morgan fingerprint density at radius 2 is 1.76 bits per heavy atom. The average molecular weight is 562 g/mol. The van der Waals surface area contributed by atoms with E-state index in [2.05, 4.69) is 85.4 Å². The zero-order valence-electron chi connectivity index (χ0n) is 24.6. The van der Waals surface area contributed by atoms with Gasteiger partial charge in [0.2, 0.25) is 5.78 Å². The van der Waals surface area contributed by atoms with E-state index in [0.717, 1.165) is 0 Å². The van der Waals surface area contributed by atoms with Gasteiger partial charge in [0, 0.05) is 22.5 Å². The maximum atomic E-state index is 13.1. The highest BCUT2D eigenvalue weighted by Gasteiger charge is 2.66. The Bertz CT molecular complexity index is 1390. The summed E-state index contributed by atoms with van der Waals surface area (Å²) in [7, 11) is -5.04. The van der Waals surface area contributed by atoms with E-state index in [0.29, 0.717) is 18.0 Å². The molecule has 10 nitrogen and oxygen atoms in total. The Morgan fingerprint density at radius 1 is 1.11 bits per heavy atom. The van der Waals surface area contributed by atoms with Crippen molar-refractivity contribution in [1.82, 2.24) is 23.9 Å². The van der Waals surface area contributed by atoms with Gasteiger partial charge in [-0.15, -0.1) is 0 Å². The molecule has 2 fully saturated rings. The maximum absolute atomic E-state index is 13.1. The minimum absolute atomic E-state index is 0.0200. The highest BCUT2D eigenvalue weighted by molar-refractivity contribution is 6.74. The third-order valence-electron chi connectivity index (χ3n) is 8.59. The number of nitrogens with one attached hydrogen (secondary N) is 1. The van der Waals surface area contributed by atoms with Crippen molar-refractivity contribution in [2.75, 3.05) is 6.61 Å². The van der Waals surface area contributed by atoms with Crippen molar-refractivity contribution in [3.8, 4) is 0 Å². The Balaban J connectivity index is 1.64. The molecule has 0 amide bonds. The van der Waals surface area contributed by atoms with Crippen LogP contribution in [0.5, 0.6) is 0 Å². The molecule has 0 aliphatic carbocycles. The van der Waals surface area contributed by atoms with Gasteiger partial charge >= 0.3 is 8.56 Å². The van der Waals surface area contributed by atoms with Gasteiger partial charge in [0.1, 0.15) is 18.3 Å². The van der Waals surface area contributed by atoms with Crippen LogP contribution < -0.4 is 5.56 Å². The van der Waals surface area contributed by atoms with Crippen molar-refractivity contribution >= 4 is 33.8 Å². The fraction of sp³-hybridized carbons (Fsp3) is 0.731. The number of hydrogen-bond acceptors (Lipinski definition) is 7. The molecular formula is C26H43N5O5Si2. The van der Waals surface area contributed by atoms with Crippen LogP contribution >= 0.6 is 0 Å². The lowest BCUT2D eigenvalue weighted by atomic mass is 10.1. The number of aromatic amines is 1. The van der Waals surface area contributed by atoms with E-state index < -0.39 is 29.2 Å². The lowest BCUT2D eigenvalue weighted by Gasteiger charge is -2.54. The summed E-state index contributed by atoms with van der Waals surface area (Å²) in [6.45, 7) is 24.9. The van der Waals surface area contributed by atoms with Gasteiger partial charge in [-0.1, -0.05) is 62.3 Å². The molecule has 2 saturated heterocycles. The summed E-state index contributed by atoms with van der Waals surface area (Å²) in [5, 5.41) is -0.367. The zero-order chi connectivity index (χ0) is 28.1. The van der Waals surface area contributed by atoms with Crippen LogP contribution in [0.3, 0.4) is 0 Å². The quantitative estimate of drug-likeness (QED) is 0.443. The predicted molar refractivity (Wildman–Crippen MR) is 151 cm³/mol. The molecule has 4 atom stereocenters. The van der Waals surface area contributed by atoms with E-state index >= 15 is 0 Å². The fourth-order valence-electron chi connectivity index (χ4n) is 5.78. The molecule has 0 spiro atoms. The highest BCUT2D eigenvalue weighted by Crippen LogP contribution is 2.56. The molecule has 2 aliphatic heterocycles. The number of ether oxygens (including phenoxy) is 1. The second-order valence-electron chi connectivity index (χ2n) is 14.3. The zero-order valence-corrected chi connectivity index (χ0v) is 26.6. The monoisotopic (exact) mass is 561 g/mol. The van der Waals surface area contributed by atoms with Gasteiger partial charge in [-0.25, -0.2) is 4.98 Å². The standard InChI is InChI=1S/C26H43N5O5Si2/c1-24(2,3)37(10,11)35-19-18-16(14-33-38(36-18,25(4,5)6)26(7,8)9)34-22(19)31-15-28-17-20(31)29-23-27-12-13-30(23)21(17)32/h12-13,15-16,18-19,22H,14H2,1-11H3,(H,27,29)/t16-,18-,19-,22-/m1/s1. The smallest absolute Gasteiger partial charge is 0.349 e. The number of aromatic nitrogens is 5. The van der Waals surface area contributed by atoms with Crippen LogP contribution in [-0.2, 0) is 18.0 Å². The summed E-state index contributed by atoms with van der Waals surface area (Å²) in [5.74, 6) is 0.452. The van der Waals surface area contributed by atoms with E-state index in [-0.39, 0.29) is 38.4 Å². The van der Waals surface area contributed by atoms with Gasteiger partial charge in [-0.2, -0.15) is 4.98 Å². The number of nitrogens with zero attached hydrogens (tertiary/aromatic N) is 4. The van der Waals surface area contributed by atoms with Gasteiger partial charge in [0.05, 0.1) is 12.9 Å². The van der Waals surface area contributed by atoms with Crippen LogP contribution in [0.15, 0.2) is 23.5 Å². The van der Waals surface area contributed by atoms with Crippen LogP contribution in [0.1, 0.15) is 68.5 Å². The molecule has 0 saturated carbocycles. The number of hydrogen-bond donors (Lipinski definition) is 1. The van der Waals surface area contributed by atoms with Crippen molar-refractivity contribution in [2.24, 2.45) is 0 Å². The largest absolute Gasteiger partial charge is 0.407 e. The average Bonchev–Trinajstić information content (AvgIpc) is 3.48. The van der Waals surface area contributed by atoms with Gasteiger partial charge in [-0.3, -0.25) is 13.8 Å². The van der Waals surface area contributed by atoms with Crippen LogP contribution in [0.2, 0.25) is 28.2 Å². The van der Waals surface area contributed by atoms with Crippen LogP contribution in [0.4, 0.5) is 0 Å². The van der Waals surface area contributed by atoms with Crippen molar-refractivity contribution in [2.45, 2.75) is 115 Å². The summed E-state index contributed by atoms with van der Waals surface area (Å²) < 4.78 is 31.0. The van der Waals surface area contributed by atoms with Gasteiger partial charge < -0.3 is 23.0 Å². The molecule has 0 unspecified atom stereocenters. The second kappa shape index (κ2) is 8.58. The third kappa shape index (κ3) is 4.06. The van der Waals surface area contributed by atoms with E-state index in [1.165, 1.54) is 4.40 Å². The molecule has 2 aliphatic rings. The molecule has 0 aromatic carbocycles. The van der Waals surface area contributed by atoms with Crippen molar-refractivity contribution in [3.63, 3.8) is 0 Å². The first-order chi connectivity index (χ1) is 17.4. The van der Waals surface area contributed by atoms with Gasteiger partial charge in [-0.05, 0) is 18.1 Å². The number of H-pyrrole nitrogens is 1. The van der Waals surface area contributed by atoms with Crippen LogP contribution in [-0.4, -0.2) is 65.7 Å². The lowest BCUT2D eigenvalue weighted by Crippen LogP contribution is -2.66. The molecule has 3 aromatic heterocycles. The molecule has 5 heterocycles. The Labute approximate surface area is 226 Å². The van der Waals surface area contributed by atoms with Gasteiger partial charge in [0.25, 0.3) is 5.56 Å². The number of imidazole rings is 2. The minimum Gasteiger partial charge on any atom is -0.407 e. The first kappa shape index (κ1) is 27.7. The van der Waals surface area contributed by atoms with Crippen LogP contribution in [0.25, 0.3) is 16.9 Å². The van der Waals surface area contributed by atoms with Crippen molar-refractivity contribution < 1.29 is 18.0 Å². The molecule has 1 N–H and O–H groups in total. The second-order valence-corrected chi connectivity index (χ2v) is 23.8. The Hall–Kier alpha value is -1.84. The van der Waals surface area contributed by atoms with E-state index in [4.69, 9.17) is 23.0 Å². The van der Waals surface area contributed by atoms with E-state index in [1.807, 2.05) is 4.57 Å². The SMILES string of the molecule is CC(C)(C)[Si](C)(C)O[C@@H]1[C@@H]2O[Si](C(C)(C)C)(C(C)(C)C)OC[C@H]2O[C@H]1n1cnc2c(=O)n3cc[nH]c3nc21. The summed E-state index contributed by atoms with van der Waals surface area (Å²) >= 11 is 0. The summed E-state index contributed by atoms with van der Waals surface area (Å²) in [6.07, 6.45) is 3.37. The fourth-order valence-corrected chi connectivity index (χ4v) is 12.0. The molecule has 210 valence electrons. The first-order valence-electron chi connectivity index (χ1n) is 13.5. The van der Waals surface area contributed by atoms with Crippen LogP contribution in [0, 0.1) is 0 Å². The highest BCUT2D eigenvalue weighted by atomic mass is 28.4. The summed E-state index contributed by atoms with van der Waals surface area (Å²) in [6, 6.07) is 0. The summed E-state index contributed by atoms with van der Waals surface area (Å²) in [4.78, 5) is 25.3. The molecule has 12 heteroatoms. The molecule has 0 bridgehead atoms. The topological polar surface area (TPSA) is 105 Å². The van der Waals surface area contributed by atoms with Gasteiger partial charge in [0.15, 0.2) is 25.7 Å². The van der Waals surface area contributed by atoms with Crippen molar-refractivity contribution in [3.05, 3.63) is 29.1 Å². The molecule has 0 radical (unpaired) electrons. The molecule has 3 aromatic rings. The first-order valence-corrected chi connectivity index (χ1v) is 18.2. The van der Waals surface area contributed by atoms with Crippen molar-refractivity contribution in [1.29, 1.82) is 0 Å². The number of fused-ring (bicyclic) bond motifs is 3. The Kier molecular flexibility index (Phi) is 6.26. The Morgan fingerprint density at radius 3 is 2.37 bits per heavy atom. The molecule has 5 rings (SSSR count). The maximum Gasteiger partial charge on any atom is 0.349 e. The predicted octanol–water partition coefficient (Wildman–Crippen LogP) is 5.12. The van der Waals surface area contributed by atoms with E-state index in [1.54, 1.807) is 18.7 Å². The third-order valence-corrected chi connectivity index (χ3v) is 18.2. The minimum atomic E-state index is -2.78. The molecular weight excluding hydrogens is 518 g/mol. The number of rotatable bonds is 3. The molecule has 38 heavy (non-hydrogen) atoms. The lowest BCUT2D eigenvalue weighted by molar-refractivity contribution is -0.0795. The summed E-state index contributed by atoms with van der Waals surface area (Å²) in [5.41, 5.74) is 0.520. The normalized spacial score (nSPS) is 26.8.